The number of allylic oxidation sites excluding steroid dienone is 2. The summed E-state index contributed by atoms with van der Waals surface area (Å²) in [6.07, 6.45) is 7.80. The summed E-state index contributed by atoms with van der Waals surface area (Å²) in [6, 6.07) is 0.213. The minimum atomic E-state index is 0.130. The number of hydrogen-bond donors (Lipinski definition) is 0. The Kier molecular flexibility index (Phi) is 2.71. The fourth-order valence-electron chi connectivity index (χ4n) is 2.20. The second kappa shape index (κ2) is 4.01. The third-order valence-corrected chi connectivity index (χ3v) is 3.01. The molecule has 3 heteroatoms. The number of aliphatic imine (C=N–C) groups is 1. The summed E-state index contributed by atoms with van der Waals surface area (Å²) >= 11 is 0. The molecule has 0 N–H and O–H groups in total. The summed E-state index contributed by atoms with van der Waals surface area (Å²) in [4.78, 5) is 18.5. The smallest absolute Gasteiger partial charge is 0.256 e. The first-order valence-corrected chi connectivity index (χ1v) is 5.46. The molecule has 80 valence electrons. The van der Waals surface area contributed by atoms with Gasteiger partial charge in [-0.1, -0.05) is 12.2 Å². The standard InChI is InChI=1S/C12H16N2O/c1-3-10-11(4-2)13-8-9-6-5-7-14(9)12(10)15/h3-4,8-9H,5-7H2,1-2H3. The van der Waals surface area contributed by atoms with Gasteiger partial charge in [-0.2, -0.15) is 0 Å². The molecule has 0 aromatic heterocycles. The minimum absolute atomic E-state index is 0.130. The van der Waals surface area contributed by atoms with E-state index >= 15 is 0 Å². The lowest BCUT2D eigenvalue weighted by molar-refractivity contribution is -0.126. The molecule has 0 aliphatic carbocycles. The number of rotatable bonds is 0. The van der Waals surface area contributed by atoms with Gasteiger partial charge >= 0.3 is 0 Å². The van der Waals surface area contributed by atoms with Crippen LogP contribution in [0.1, 0.15) is 26.7 Å². The van der Waals surface area contributed by atoms with E-state index in [0.717, 1.165) is 30.7 Å². The molecule has 0 aromatic carbocycles. The number of carbonyl (C=O) groups is 1. The van der Waals surface area contributed by atoms with Gasteiger partial charge in [-0.25, -0.2) is 0 Å². The van der Waals surface area contributed by atoms with Crippen molar-refractivity contribution >= 4 is 12.1 Å². The van der Waals surface area contributed by atoms with Crippen molar-refractivity contribution in [3.05, 3.63) is 23.4 Å². The van der Waals surface area contributed by atoms with Crippen LogP contribution in [0, 0.1) is 0 Å². The number of amides is 1. The lowest BCUT2D eigenvalue weighted by atomic mass is 10.1. The maximum Gasteiger partial charge on any atom is 0.256 e. The van der Waals surface area contributed by atoms with Crippen molar-refractivity contribution in [1.29, 1.82) is 0 Å². The Labute approximate surface area is 90.2 Å². The molecule has 3 nitrogen and oxygen atoms in total. The van der Waals surface area contributed by atoms with E-state index in [4.69, 9.17) is 0 Å². The monoisotopic (exact) mass is 204 g/mol. The Bertz CT molecular complexity index is 366. The molecule has 2 aliphatic rings. The van der Waals surface area contributed by atoms with E-state index in [1.54, 1.807) is 0 Å². The third kappa shape index (κ3) is 1.62. The topological polar surface area (TPSA) is 32.7 Å². The van der Waals surface area contributed by atoms with Crippen LogP contribution < -0.4 is 0 Å². The lowest BCUT2D eigenvalue weighted by Crippen LogP contribution is -2.35. The fraction of sp³-hybridized carbons (Fsp3) is 0.500. The summed E-state index contributed by atoms with van der Waals surface area (Å²) in [5, 5.41) is 0. The molecule has 2 aliphatic heterocycles. The highest BCUT2D eigenvalue weighted by atomic mass is 16.2. The first-order valence-electron chi connectivity index (χ1n) is 5.46. The highest BCUT2D eigenvalue weighted by Crippen LogP contribution is 2.25. The number of nitrogens with zero attached hydrogens (tertiary/aromatic N) is 2. The molecule has 1 unspecified atom stereocenters. The number of fused-ring (bicyclic) bond motifs is 1. The molecule has 1 saturated heterocycles. The van der Waals surface area contributed by atoms with E-state index in [-0.39, 0.29) is 11.9 Å². The molecule has 0 saturated carbocycles. The van der Waals surface area contributed by atoms with E-state index in [2.05, 4.69) is 4.99 Å². The van der Waals surface area contributed by atoms with Gasteiger partial charge in [0.15, 0.2) is 0 Å². The fourth-order valence-corrected chi connectivity index (χ4v) is 2.20. The molecule has 0 aromatic rings. The third-order valence-electron chi connectivity index (χ3n) is 3.01. The van der Waals surface area contributed by atoms with Gasteiger partial charge in [-0.3, -0.25) is 9.79 Å². The average molecular weight is 204 g/mol. The summed E-state index contributed by atoms with van der Waals surface area (Å²) in [6.45, 7) is 4.67. The van der Waals surface area contributed by atoms with Crippen molar-refractivity contribution in [2.24, 2.45) is 4.99 Å². The molecule has 0 radical (unpaired) electrons. The second-order valence-electron chi connectivity index (χ2n) is 3.86. The minimum Gasteiger partial charge on any atom is -0.331 e. The molecule has 0 bridgehead atoms. The van der Waals surface area contributed by atoms with Gasteiger partial charge in [0.1, 0.15) is 0 Å². The Morgan fingerprint density at radius 1 is 1.47 bits per heavy atom. The summed E-state index contributed by atoms with van der Waals surface area (Å²) in [5.74, 6) is 0.130. The first kappa shape index (κ1) is 10.1. The highest BCUT2D eigenvalue weighted by molar-refractivity contribution is 6.01. The Morgan fingerprint density at radius 3 is 2.93 bits per heavy atom. The molecule has 2 heterocycles. The van der Waals surface area contributed by atoms with E-state index in [1.165, 1.54) is 0 Å². The van der Waals surface area contributed by atoms with Crippen LogP contribution in [0.2, 0.25) is 0 Å². The van der Waals surface area contributed by atoms with Crippen LogP contribution >= 0.6 is 0 Å². The molecule has 1 amide bonds. The zero-order valence-electron chi connectivity index (χ0n) is 9.23. The average Bonchev–Trinajstić information content (AvgIpc) is 2.67. The molecule has 15 heavy (non-hydrogen) atoms. The quantitative estimate of drug-likeness (QED) is 0.555. The maximum atomic E-state index is 12.2. The van der Waals surface area contributed by atoms with Gasteiger partial charge in [0.2, 0.25) is 0 Å². The predicted molar refractivity (Wildman–Crippen MR) is 60.7 cm³/mol. The molecular formula is C12H16N2O. The molecule has 2 rings (SSSR count). The van der Waals surface area contributed by atoms with Gasteiger partial charge < -0.3 is 4.90 Å². The van der Waals surface area contributed by atoms with E-state index in [0.29, 0.717) is 0 Å². The van der Waals surface area contributed by atoms with Crippen LogP contribution in [0.25, 0.3) is 0 Å². The van der Waals surface area contributed by atoms with Gasteiger partial charge in [-0.15, -0.1) is 0 Å². The second-order valence-corrected chi connectivity index (χ2v) is 3.86. The van der Waals surface area contributed by atoms with Crippen LogP contribution in [0.5, 0.6) is 0 Å². The van der Waals surface area contributed by atoms with Crippen molar-refractivity contribution in [3.8, 4) is 0 Å². The van der Waals surface area contributed by atoms with Gasteiger partial charge in [-0.05, 0) is 26.7 Å². The summed E-state index contributed by atoms with van der Waals surface area (Å²) < 4.78 is 0. The maximum absolute atomic E-state index is 12.2. The van der Waals surface area contributed by atoms with Gasteiger partial charge in [0.25, 0.3) is 5.91 Å². The van der Waals surface area contributed by atoms with Crippen molar-refractivity contribution in [3.63, 3.8) is 0 Å². The zero-order valence-corrected chi connectivity index (χ0v) is 9.23. The van der Waals surface area contributed by atoms with Crippen molar-refractivity contribution in [2.75, 3.05) is 6.54 Å². The van der Waals surface area contributed by atoms with E-state index in [9.17, 15) is 4.79 Å². The largest absolute Gasteiger partial charge is 0.331 e. The number of carbonyl (C=O) groups excluding carboxylic acids is 1. The van der Waals surface area contributed by atoms with Crippen molar-refractivity contribution in [2.45, 2.75) is 32.7 Å². The van der Waals surface area contributed by atoms with Crippen LogP contribution in [0.4, 0.5) is 0 Å². The van der Waals surface area contributed by atoms with E-state index < -0.39 is 0 Å². The van der Waals surface area contributed by atoms with Crippen LogP contribution in [-0.2, 0) is 4.79 Å². The molecule has 1 atom stereocenters. The predicted octanol–water partition coefficient (Wildman–Crippen LogP) is 1.91. The Balaban J connectivity index is 2.41. The molecule has 0 spiro atoms. The van der Waals surface area contributed by atoms with Crippen LogP contribution in [0.3, 0.4) is 0 Å². The SMILES string of the molecule is CC=C1N=CC2CCCN2C(=O)C1=CC. The normalized spacial score (nSPS) is 31.2. The molecular weight excluding hydrogens is 188 g/mol. The molecule has 1 fully saturated rings. The first-order chi connectivity index (χ1) is 7.27. The summed E-state index contributed by atoms with van der Waals surface area (Å²) in [7, 11) is 0. The van der Waals surface area contributed by atoms with Crippen molar-refractivity contribution in [1.82, 2.24) is 4.90 Å². The summed E-state index contributed by atoms with van der Waals surface area (Å²) in [5.41, 5.74) is 1.54. The van der Waals surface area contributed by atoms with Gasteiger partial charge in [0.05, 0.1) is 17.3 Å². The Hall–Kier alpha value is -1.38. The van der Waals surface area contributed by atoms with Crippen LogP contribution in [-0.4, -0.2) is 29.6 Å². The highest BCUT2D eigenvalue weighted by Gasteiger charge is 2.32. The lowest BCUT2D eigenvalue weighted by Gasteiger charge is -2.20. The number of hydrogen-bond acceptors (Lipinski definition) is 2. The van der Waals surface area contributed by atoms with Crippen molar-refractivity contribution < 1.29 is 4.79 Å². The van der Waals surface area contributed by atoms with Crippen LogP contribution in [0.15, 0.2) is 28.4 Å². The van der Waals surface area contributed by atoms with Gasteiger partial charge in [0, 0.05) is 12.8 Å². The van der Waals surface area contributed by atoms with E-state index in [1.807, 2.05) is 37.1 Å². The zero-order chi connectivity index (χ0) is 10.8. The Morgan fingerprint density at radius 2 is 2.27 bits per heavy atom.